The molecule has 0 aliphatic rings. The van der Waals surface area contributed by atoms with Crippen LogP contribution in [0.25, 0.3) is 0 Å². The molecule has 0 aromatic carbocycles. The van der Waals surface area contributed by atoms with Crippen LogP contribution < -0.4 is 4.74 Å². The van der Waals surface area contributed by atoms with E-state index in [4.69, 9.17) is 16.3 Å². The van der Waals surface area contributed by atoms with Gasteiger partial charge < -0.3 is 4.74 Å². The molecule has 2 rings (SSSR count). The van der Waals surface area contributed by atoms with Crippen molar-refractivity contribution >= 4 is 17.3 Å². The zero-order valence-corrected chi connectivity index (χ0v) is 9.30. The highest BCUT2D eigenvalue weighted by atomic mass is 35.5. The zero-order valence-electron chi connectivity index (χ0n) is 8.55. The Labute approximate surface area is 99.8 Å². The van der Waals surface area contributed by atoms with Crippen molar-refractivity contribution in [1.29, 1.82) is 0 Å². The maximum atomic E-state index is 10.7. The van der Waals surface area contributed by atoms with Crippen molar-refractivity contribution in [2.45, 2.75) is 6.92 Å². The molecule has 1 N–H and O–H groups in total. The minimum absolute atomic E-state index is 0.141. The van der Waals surface area contributed by atoms with E-state index in [1.54, 1.807) is 13.0 Å². The van der Waals surface area contributed by atoms with Crippen molar-refractivity contribution in [3.63, 3.8) is 0 Å². The van der Waals surface area contributed by atoms with E-state index in [0.29, 0.717) is 0 Å². The molecule has 0 spiro atoms. The summed E-state index contributed by atoms with van der Waals surface area (Å²) in [5.74, 6) is -0.0816. The van der Waals surface area contributed by atoms with Gasteiger partial charge in [0.25, 0.3) is 0 Å². The number of nitrogens with zero attached hydrogens (tertiary/aromatic N) is 4. The number of ether oxygens (including phenoxy) is 1. The minimum atomic E-state index is -0.662. The number of nitro groups is 1. The molecule has 2 aromatic rings. The van der Waals surface area contributed by atoms with Crippen molar-refractivity contribution in [2.24, 2.45) is 0 Å². The molecular weight excluding hydrogens is 250 g/mol. The highest BCUT2D eigenvalue weighted by molar-refractivity contribution is 6.28. The second kappa shape index (κ2) is 4.34. The largest absolute Gasteiger partial charge is 0.413 e. The molecule has 0 saturated heterocycles. The summed E-state index contributed by atoms with van der Waals surface area (Å²) in [5, 5.41) is 17.0. The minimum Gasteiger partial charge on any atom is -0.413 e. The van der Waals surface area contributed by atoms with Crippen molar-refractivity contribution < 1.29 is 9.66 Å². The SMILES string of the molecule is Cc1cc(Oc2nc(Cl)ncc2[N+](=O)[O-])n[nH]1. The van der Waals surface area contributed by atoms with Gasteiger partial charge in [0, 0.05) is 11.8 Å². The topological polar surface area (TPSA) is 107 Å². The predicted molar refractivity (Wildman–Crippen MR) is 57.1 cm³/mol. The van der Waals surface area contributed by atoms with Crippen molar-refractivity contribution in [2.75, 3.05) is 0 Å². The van der Waals surface area contributed by atoms with Crippen LogP contribution in [0, 0.1) is 17.0 Å². The van der Waals surface area contributed by atoms with Crippen LogP contribution in [0.2, 0.25) is 5.28 Å². The Kier molecular flexibility index (Phi) is 2.88. The van der Waals surface area contributed by atoms with Crippen LogP contribution in [0.5, 0.6) is 11.8 Å². The number of aromatic nitrogens is 4. The van der Waals surface area contributed by atoms with E-state index in [2.05, 4.69) is 20.2 Å². The van der Waals surface area contributed by atoms with Crippen LogP contribution in [-0.4, -0.2) is 25.1 Å². The van der Waals surface area contributed by atoms with Crippen LogP contribution in [0.3, 0.4) is 0 Å². The summed E-state index contributed by atoms with van der Waals surface area (Å²) in [6, 6.07) is 1.57. The van der Waals surface area contributed by atoms with E-state index >= 15 is 0 Å². The summed E-state index contributed by atoms with van der Waals surface area (Å²) in [6.07, 6.45) is 0.976. The first-order chi connectivity index (χ1) is 8.06. The first-order valence-electron chi connectivity index (χ1n) is 4.43. The molecule has 0 unspecified atom stereocenters. The lowest BCUT2D eigenvalue weighted by Crippen LogP contribution is -1.98. The summed E-state index contributed by atoms with van der Waals surface area (Å²) in [7, 11) is 0. The number of aromatic amines is 1. The number of hydrogen-bond acceptors (Lipinski definition) is 6. The molecule has 0 amide bonds. The van der Waals surface area contributed by atoms with Crippen molar-refractivity contribution in [3.05, 3.63) is 33.4 Å². The Hall–Kier alpha value is -2.22. The molecule has 17 heavy (non-hydrogen) atoms. The van der Waals surface area contributed by atoms with Gasteiger partial charge in [0.1, 0.15) is 6.20 Å². The van der Waals surface area contributed by atoms with Gasteiger partial charge >= 0.3 is 11.6 Å². The van der Waals surface area contributed by atoms with Crippen LogP contribution in [-0.2, 0) is 0 Å². The van der Waals surface area contributed by atoms with E-state index in [0.717, 1.165) is 11.9 Å². The van der Waals surface area contributed by atoms with Gasteiger partial charge in [-0.15, -0.1) is 5.10 Å². The average molecular weight is 256 g/mol. The zero-order chi connectivity index (χ0) is 12.4. The van der Waals surface area contributed by atoms with Gasteiger partial charge in [-0.1, -0.05) is 0 Å². The Balaban J connectivity index is 2.37. The van der Waals surface area contributed by atoms with Crippen LogP contribution in [0.1, 0.15) is 5.69 Å². The van der Waals surface area contributed by atoms with Gasteiger partial charge in [0.2, 0.25) is 11.2 Å². The number of hydrogen-bond donors (Lipinski definition) is 1. The van der Waals surface area contributed by atoms with Gasteiger partial charge in [-0.25, -0.2) is 4.98 Å². The van der Waals surface area contributed by atoms with Crippen LogP contribution >= 0.6 is 11.6 Å². The lowest BCUT2D eigenvalue weighted by atomic mass is 10.5. The third-order valence-electron chi connectivity index (χ3n) is 1.79. The van der Waals surface area contributed by atoms with Gasteiger partial charge in [0.15, 0.2) is 0 Å². The Morgan fingerprint density at radius 3 is 2.94 bits per heavy atom. The fraction of sp³-hybridized carbons (Fsp3) is 0.125. The van der Waals surface area contributed by atoms with Crippen LogP contribution in [0.4, 0.5) is 5.69 Å². The summed E-state index contributed by atoms with van der Waals surface area (Å²) in [5.41, 5.74) is 0.373. The highest BCUT2D eigenvalue weighted by Crippen LogP contribution is 2.28. The smallest absolute Gasteiger partial charge is 0.349 e. The first kappa shape index (κ1) is 11.3. The average Bonchev–Trinajstić information content (AvgIpc) is 2.63. The fourth-order valence-corrected chi connectivity index (χ4v) is 1.21. The molecular formula is C8H6ClN5O3. The van der Waals surface area contributed by atoms with E-state index in [1.807, 2.05) is 0 Å². The molecule has 2 heterocycles. The van der Waals surface area contributed by atoms with E-state index in [-0.39, 0.29) is 22.7 Å². The molecule has 0 bridgehead atoms. The third-order valence-corrected chi connectivity index (χ3v) is 1.97. The lowest BCUT2D eigenvalue weighted by molar-refractivity contribution is -0.386. The fourth-order valence-electron chi connectivity index (χ4n) is 1.08. The molecule has 88 valence electrons. The normalized spacial score (nSPS) is 10.2. The summed E-state index contributed by atoms with van der Waals surface area (Å²) in [6.45, 7) is 1.77. The van der Waals surface area contributed by atoms with E-state index in [1.165, 1.54) is 0 Å². The maximum absolute atomic E-state index is 10.7. The molecule has 9 heteroatoms. The molecule has 0 aliphatic carbocycles. The van der Waals surface area contributed by atoms with Gasteiger partial charge in [-0.05, 0) is 18.5 Å². The number of nitrogens with one attached hydrogen (secondary N) is 1. The summed E-state index contributed by atoms with van der Waals surface area (Å²) in [4.78, 5) is 17.2. The Morgan fingerprint density at radius 1 is 1.59 bits per heavy atom. The Bertz CT molecular complexity index is 570. The highest BCUT2D eigenvalue weighted by Gasteiger charge is 2.20. The van der Waals surface area contributed by atoms with Gasteiger partial charge in [-0.2, -0.15) is 4.98 Å². The number of rotatable bonds is 3. The Morgan fingerprint density at radius 2 is 2.35 bits per heavy atom. The third kappa shape index (κ3) is 2.48. The molecule has 2 aromatic heterocycles. The molecule has 0 aliphatic heterocycles. The molecule has 0 saturated carbocycles. The van der Waals surface area contributed by atoms with Gasteiger partial charge in [0.05, 0.1) is 4.92 Å². The molecule has 0 atom stereocenters. The summed E-state index contributed by atoms with van der Waals surface area (Å²) >= 11 is 5.54. The summed E-state index contributed by atoms with van der Waals surface area (Å²) < 4.78 is 5.15. The van der Waals surface area contributed by atoms with E-state index in [9.17, 15) is 10.1 Å². The predicted octanol–water partition coefficient (Wildman–Crippen LogP) is 1.86. The standard InChI is InChI=1S/C8H6ClN5O3/c1-4-2-6(13-12-4)17-7-5(14(15)16)3-10-8(9)11-7/h2-3H,1H3,(H,12,13). The number of H-pyrrole nitrogens is 1. The maximum Gasteiger partial charge on any atom is 0.349 e. The lowest BCUT2D eigenvalue weighted by Gasteiger charge is -2.01. The number of aryl methyl sites for hydroxylation is 1. The van der Waals surface area contributed by atoms with Gasteiger partial charge in [-0.3, -0.25) is 15.2 Å². The second-order valence-electron chi connectivity index (χ2n) is 3.08. The molecule has 8 nitrogen and oxygen atoms in total. The number of halogens is 1. The van der Waals surface area contributed by atoms with Crippen molar-refractivity contribution in [3.8, 4) is 11.8 Å². The quantitative estimate of drug-likeness (QED) is 0.510. The molecule has 0 radical (unpaired) electrons. The van der Waals surface area contributed by atoms with Crippen LogP contribution in [0.15, 0.2) is 12.3 Å². The van der Waals surface area contributed by atoms with Crippen molar-refractivity contribution in [1.82, 2.24) is 20.2 Å². The first-order valence-corrected chi connectivity index (χ1v) is 4.81. The van der Waals surface area contributed by atoms with E-state index < -0.39 is 4.92 Å². The molecule has 0 fully saturated rings. The second-order valence-corrected chi connectivity index (χ2v) is 3.42. The monoisotopic (exact) mass is 255 g/mol.